The molecule has 0 fully saturated rings. The number of imide groups is 2. The summed E-state index contributed by atoms with van der Waals surface area (Å²) in [5.41, 5.74) is 1.86. The van der Waals surface area contributed by atoms with E-state index in [-0.39, 0.29) is 39.2 Å². The minimum absolute atomic E-state index is 0.0388. The molecular formula is C35H17N3O5. The molecule has 6 rings (SSSR count). The molecule has 0 bridgehead atoms. The topological polar surface area (TPSA) is 104 Å². The van der Waals surface area contributed by atoms with Crippen molar-refractivity contribution in [3.05, 3.63) is 123 Å². The van der Waals surface area contributed by atoms with Gasteiger partial charge in [0.05, 0.1) is 33.6 Å². The number of carbonyl (C=O) groups excluding carboxylic acids is 5. The zero-order valence-electron chi connectivity index (χ0n) is 22.2. The van der Waals surface area contributed by atoms with Crippen LogP contribution in [0.4, 0.5) is 17.1 Å². The molecule has 0 saturated heterocycles. The number of hydrogen-bond donors (Lipinski definition) is 1. The number of carbonyl (C=O) groups is 5. The summed E-state index contributed by atoms with van der Waals surface area (Å²) in [6.45, 7) is 0. The normalized spacial score (nSPS) is 13.2. The lowest BCUT2D eigenvalue weighted by atomic mass is 10.1. The number of hydrogen-bond acceptors (Lipinski definition) is 5. The Bertz CT molecular complexity index is 2110. The SMILES string of the molecule is C#Cc1cccc(NC(=O)c2ccc(N3C(=O)c4ccc(C#C)cc4C3=O)c(N3C(=O)c4ccc(C#C)cc4C3=O)c2)c1. The van der Waals surface area contributed by atoms with Crippen LogP contribution in [0.3, 0.4) is 0 Å². The lowest BCUT2D eigenvalue weighted by Gasteiger charge is -2.23. The Labute approximate surface area is 245 Å². The van der Waals surface area contributed by atoms with E-state index in [0.717, 1.165) is 9.80 Å². The third-order valence-electron chi connectivity index (χ3n) is 7.11. The van der Waals surface area contributed by atoms with E-state index >= 15 is 0 Å². The number of amides is 5. The summed E-state index contributed by atoms with van der Waals surface area (Å²) in [6, 6.07) is 19.4. The van der Waals surface area contributed by atoms with Gasteiger partial charge in [-0.3, -0.25) is 24.0 Å². The highest BCUT2D eigenvalue weighted by Gasteiger charge is 2.43. The number of fused-ring (bicyclic) bond motifs is 2. The molecule has 0 unspecified atom stereocenters. The highest BCUT2D eigenvalue weighted by atomic mass is 16.2. The predicted octanol–water partition coefficient (Wildman–Crippen LogP) is 4.48. The van der Waals surface area contributed by atoms with Gasteiger partial charge in [-0.1, -0.05) is 23.8 Å². The molecule has 2 aliphatic heterocycles. The van der Waals surface area contributed by atoms with Gasteiger partial charge in [-0.15, -0.1) is 19.3 Å². The average Bonchev–Trinajstić information content (AvgIpc) is 3.43. The van der Waals surface area contributed by atoms with Crippen molar-refractivity contribution in [2.75, 3.05) is 15.1 Å². The predicted molar refractivity (Wildman–Crippen MR) is 160 cm³/mol. The Morgan fingerprint density at radius 3 is 1.63 bits per heavy atom. The standard InChI is InChI=1S/C35H17N3O5/c1-4-20-8-7-9-24(16-20)36-31(39)23-12-15-29(37-32(40)25-13-10-21(5-2)17-27(25)34(37)42)30(19-23)38-33(41)26-14-11-22(6-3)18-28(26)35(38)43/h1-3,7-19H,(H,36,39). The Balaban J connectivity index is 1.48. The van der Waals surface area contributed by atoms with Crippen LogP contribution in [-0.4, -0.2) is 29.5 Å². The first-order chi connectivity index (χ1) is 20.7. The van der Waals surface area contributed by atoms with Gasteiger partial charge in [-0.25, -0.2) is 9.80 Å². The summed E-state index contributed by atoms with van der Waals surface area (Å²) in [5.74, 6) is 3.94. The first kappa shape index (κ1) is 26.5. The average molecular weight is 560 g/mol. The minimum atomic E-state index is -0.733. The lowest BCUT2D eigenvalue weighted by Crippen LogP contribution is -2.35. The number of rotatable bonds is 4. The van der Waals surface area contributed by atoms with Crippen LogP contribution in [0.2, 0.25) is 0 Å². The molecule has 2 aliphatic rings. The Hall–Kier alpha value is -6.69. The largest absolute Gasteiger partial charge is 0.322 e. The molecule has 8 nitrogen and oxygen atoms in total. The van der Waals surface area contributed by atoms with Crippen LogP contribution in [0, 0.1) is 37.0 Å². The van der Waals surface area contributed by atoms with Crippen molar-refractivity contribution in [3.8, 4) is 37.0 Å². The lowest BCUT2D eigenvalue weighted by molar-refractivity contribution is 0.0904. The highest BCUT2D eigenvalue weighted by Crippen LogP contribution is 2.40. The van der Waals surface area contributed by atoms with Crippen LogP contribution in [0.25, 0.3) is 0 Å². The second-order valence-corrected chi connectivity index (χ2v) is 9.58. The molecule has 0 atom stereocenters. The quantitative estimate of drug-likeness (QED) is 0.293. The maximum Gasteiger partial charge on any atom is 0.266 e. The van der Waals surface area contributed by atoms with Crippen molar-refractivity contribution in [3.63, 3.8) is 0 Å². The maximum atomic E-state index is 13.7. The zero-order valence-corrected chi connectivity index (χ0v) is 22.2. The van der Waals surface area contributed by atoms with Crippen molar-refractivity contribution < 1.29 is 24.0 Å². The van der Waals surface area contributed by atoms with Gasteiger partial charge in [-0.05, 0) is 72.8 Å². The molecule has 0 saturated carbocycles. The van der Waals surface area contributed by atoms with Gasteiger partial charge in [0.25, 0.3) is 29.5 Å². The van der Waals surface area contributed by atoms with Crippen molar-refractivity contribution in [2.24, 2.45) is 0 Å². The van der Waals surface area contributed by atoms with Crippen molar-refractivity contribution in [2.45, 2.75) is 0 Å². The molecule has 202 valence electrons. The fourth-order valence-corrected chi connectivity index (χ4v) is 5.02. The minimum Gasteiger partial charge on any atom is -0.322 e. The van der Waals surface area contributed by atoms with Gasteiger partial charge in [-0.2, -0.15) is 0 Å². The van der Waals surface area contributed by atoms with E-state index < -0.39 is 29.5 Å². The van der Waals surface area contributed by atoms with E-state index in [0.29, 0.717) is 22.4 Å². The van der Waals surface area contributed by atoms with Crippen LogP contribution in [-0.2, 0) is 0 Å². The summed E-state index contributed by atoms with van der Waals surface area (Å²) in [4.78, 5) is 69.3. The number of nitrogens with one attached hydrogen (secondary N) is 1. The highest BCUT2D eigenvalue weighted by molar-refractivity contribution is 6.39. The molecule has 0 spiro atoms. The molecule has 0 aromatic heterocycles. The van der Waals surface area contributed by atoms with Gasteiger partial charge in [0.15, 0.2) is 0 Å². The third kappa shape index (κ3) is 4.22. The molecule has 43 heavy (non-hydrogen) atoms. The summed E-state index contributed by atoms with van der Waals surface area (Å²) >= 11 is 0. The van der Waals surface area contributed by atoms with E-state index in [1.165, 1.54) is 54.6 Å². The van der Waals surface area contributed by atoms with E-state index in [4.69, 9.17) is 19.3 Å². The maximum absolute atomic E-state index is 13.7. The van der Waals surface area contributed by atoms with E-state index in [1.54, 1.807) is 24.3 Å². The van der Waals surface area contributed by atoms with E-state index in [2.05, 4.69) is 23.1 Å². The van der Waals surface area contributed by atoms with Crippen LogP contribution in [0.1, 0.15) is 68.5 Å². The summed E-state index contributed by atoms with van der Waals surface area (Å²) in [7, 11) is 0. The Morgan fingerprint density at radius 1 is 0.558 bits per heavy atom. The smallest absolute Gasteiger partial charge is 0.266 e. The Kier molecular flexibility index (Phi) is 6.20. The number of terminal acetylenes is 3. The van der Waals surface area contributed by atoms with Crippen molar-refractivity contribution in [1.82, 2.24) is 0 Å². The first-order valence-electron chi connectivity index (χ1n) is 12.8. The molecule has 4 aromatic rings. The molecule has 0 radical (unpaired) electrons. The summed E-state index contributed by atoms with van der Waals surface area (Å²) in [6.07, 6.45) is 16.4. The van der Waals surface area contributed by atoms with Gasteiger partial charge in [0.1, 0.15) is 0 Å². The summed E-state index contributed by atoms with van der Waals surface area (Å²) < 4.78 is 0. The van der Waals surface area contributed by atoms with Crippen LogP contribution < -0.4 is 15.1 Å². The van der Waals surface area contributed by atoms with Gasteiger partial charge >= 0.3 is 0 Å². The first-order valence-corrected chi connectivity index (χ1v) is 12.8. The van der Waals surface area contributed by atoms with Crippen molar-refractivity contribution in [1.29, 1.82) is 0 Å². The molecular weight excluding hydrogens is 542 g/mol. The number of nitrogens with zero attached hydrogens (tertiary/aromatic N) is 2. The van der Waals surface area contributed by atoms with Crippen LogP contribution in [0.15, 0.2) is 78.9 Å². The van der Waals surface area contributed by atoms with Crippen LogP contribution in [0.5, 0.6) is 0 Å². The fraction of sp³-hybridized carbons (Fsp3) is 0. The molecule has 8 heteroatoms. The molecule has 2 heterocycles. The molecule has 5 amide bonds. The monoisotopic (exact) mass is 559 g/mol. The molecule has 1 N–H and O–H groups in total. The Morgan fingerprint density at radius 2 is 1.07 bits per heavy atom. The molecule has 0 aliphatic carbocycles. The number of benzene rings is 4. The van der Waals surface area contributed by atoms with Crippen LogP contribution >= 0.6 is 0 Å². The fourth-order valence-electron chi connectivity index (χ4n) is 5.02. The third-order valence-corrected chi connectivity index (χ3v) is 7.11. The van der Waals surface area contributed by atoms with Gasteiger partial charge in [0.2, 0.25) is 0 Å². The second-order valence-electron chi connectivity index (χ2n) is 9.58. The summed E-state index contributed by atoms with van der Waals surface area (Å²) in [5, 5.41) is 2.73. The van der Waals surface area contributed by atoms with Gasteiger partial charge < -0.3 is 5.32 Å². The zero-order chi connectivity index (χ0) is 30.4. The second kappa shape index (κ2) is 10.1. The molecule has 4 aromatic carbocycles. The number of anilines is 3. The van der Waals surface area contributed by atoms with E-state index in [1.807, 2.05) is 0 Å². The van der Waals surface area contributed by atoms with Crippen molar-refractivity contribution >= 4 is 46.6 Å². The van der Waals surface area contributed by atoms with E-state index in [9.17, 15) is 24.0 Å². The van der Waals surface area contributed by atoms with Gasteiger partial charge in [0, 0.05) is 27.9 Å².